The first-order valence-corrected chi connectivity index (χ1v) is 12.3. The third kappa shape index (κ3) is 3.48. The predicted molar refractivity (Wildman–Crippen MR) is 134 cm³/mol. The Morgan fingerprint density at radius 2 is 1.94 bits per heavy atom. The molecular weight excluding hydrogens is 452 g/mol. The topological polar surface area (TPSA) is 98.7 Å². The van der Waals surface area contributed by atoms with Crippen LogP contribution in [0.4, 0.5) is 0 Å². The molecule has 2 aromatic carbocycles. The molecule has 0 unspecified atom stereocenters. The highest BCUT2D eigenvalue weighted by molar-refractivity contribution is 5.97. The van der Waals surface area contributed by atoms with E-state index in [1.807, 2.05) is 71.5 Å². The Morgan fingerprint density at radius 1 is 1.06 bits per heavy atom. The van der Waals surface area contributed by atoms with Crippen LogP contribution in [0, 0.1) is 5.92 Å². The van der Waals surface area contributed by atoms with Gasteiger partial charge in [-0.3, -0.25) is 9.78 Å². The van der Waals surface area contributed by atoms with Gasteiger partial charge in [0.05, 0.1) is 23.5 Å². The predicted octanol–water partition coefficient (Wildman–Crippen LogP) is 5.06. The van der Waals surface area contributed by atoms with Crippen LogP contribution < -0.4 is 5.32 Å². The Labute approximate surface area is 207 Å². The van der Waals surface area contributed by atoms with Crippen molar-refractivity contribution in [3.8, 4) is 22.8 Å². The molecule has 0 aliphatic heterocycles. The van der Waals surface area contributed by atoms with Crippen molar-refractivity contribution in [2.75, 3.05) is 0 Å². The number of nitrogens with zero attached hydrogens (tertiary/aromatic N) is 5. The van der Waals surface area contributed by atoms with Gasteiger partial charge in [0.25, 0.3) is 5.91 Å². The zero-order valence-electron chi connectivity index (χ0n) is 19.5. The van der Waals surface area contributed by atoms with Gasteiger partial charge in [0.15, 0.2) is 5.58 Å². The summed E-state index contributed by atoms with van der Waals surface area (Å²) >= 11 is 0. The maximum absolute atomic E-state index is 13.5. The SMILES string of the molecule is O=C(N[C@]12CC[C@H](C[C@@H]1n1cc(-c3ccccn3)nn1)C2)c1ccc2nc(-c3ccccc3)oc2c1. The van der Waals surface area contributed by atoms with E-state index in [0.29, 0.717) is 23.0 Å². The number of fused-ring (bicyclic) bond motifs is 3. The first-order valence-electron chi connectivity index (χ1n) is 12.3. The first-order chi connectivity index (χ1) is 17.7. The molecule has 2 fully saturated rings. The van der Waals surface area contributed by atoms with Crippen LogP contribution in [0.15, 0.2) is 83.5 Å². The van der Waals surface area contributed by atoms with Crippen LogP contribution in [0.25, 0.3) is 33.9 Å². The second kappa shape index (κ2) is 8.12. The van der Waals surface area contributed by atoms with Crippen molar-refractivity contribution < 1.29 is 9.21 Å². The molecule has 2 aliphatic carbocycles. The highest BCUT2D eigenvalue weighted by Gasteiger charge is 2.54. The highest BCUT2D eigenvalue weighted by Crippen LogP contribution is 2.53. The minimum absolute atomic E-state index is 0.0591. The number of amides is 1. The Hall–Kier alpha value is -4.33. The Balaban J connectivity index is 1.16. The molecule has 2 aliphatic rings. The average Bonchev–Trinajstić information content (AvgIpc) is 3.71. The van der Waals surface area contributed by atoms with E-state index in [1.54, 1.807) is 12.3 Å². The molecule has 3 atom stereocenters. The van der Waals surface area contributed by atoms with E-state index < -0.39 is 0 Å². The summed E-state index contributed by atoms with van der Waals surface area (Å²) in [5.74, 6) is 1.02. The molecule has 5 aromatic rings. The fourth-order valence-electron chi connectivity index (χ4n) is 5.91. The average molecular weight is 477 g/mol. The molecule has 0 radical (unpaired) electrons. The maximum atomic E-state index is 13.5. The molecule has 2 saturated carbocycles. The van der Waals surface area contributed by atoms with E-state index in [1.165, 1.54) is 0 Å². The maximum Gasteiger partial charge on any atom is 0.251 e. The molecule has 0 spiro atoms. The van der Waals surface area contributed by atoms with Crippen molar-refractivity contribution in [2.45, 2.75) is 37.3 Å². The van der Waals surface area contributed by atoms with E-state index in [0.717, 1.165) is 48.2 Å². The smallest absolute Gasteiger partial charge is 0.251 e. The van der Waals surface area contributed by atoms with Crippen LogP contribution in [0.2, 0.25) is 0 Å². The van der Waals surface area contributed by atoms with Gasteiger partial charge < -0.3 is 9.73 Å². The van der Waals surface area contributed by atoms with Crippen LogP contribution in [-0.4, -0.2) is 36.4 Å². The fourth-order valence-corrected chi connectivity index (χ4v) is 5.91. The van der Waals surface area contributed by atoms with Gasteiger partial charge in [-0.05, 0) is 74.1 Å². The number of hydrogen-bond acceptors (Lipinski definition) is 6. The number of carbonyl (C=O) groups is 1. The van der Waals surface area contributed by atoms with E-state index in [2.05, 4.69) is 25.6 Å². The summed E-state index contributed by atoms with van der Waals surface area (Å²) in [6, 6.07) is 21.0. The Bertz CT molecular complexity index is 1560. The highest BCUT2D eigenvalue weighted by atomic mass is 16.3. The fraction of sp³-hybridized carbons (Fsp3) is 0.250. The first kappa shape index (κ1) is 21.0. The molecule has 0 saturated heterocycles. The molecule has 8 nitrogen and oxygen atoms in total. The molecule has 1 amide bonds. The van der Waals surface area contributed by atoms with E-state index in [4.69, 9.17) is 4.42 Å². The van der Waals surface area contributed by atoms with Gasteiger partial charge >= 0.3 is 0 Å². The summed E-state index contributed by atoms with van der Waals surface area (Å²) in [6.45, 7) is 0. The number of rotatable bonds is 5. The lowest BCUT2D eigenvalue weighted by Crippen LogP contribution is -2.51. The quantitative estimate of drug-likeness (QED) is 0.381. The van der Waals surface area contributed by atoms with Gasteiger partial charge in [-0.2, -0.15) is 0 Å². The third-order valence-corrected chi connectivity index (χ3v) is 7.64. The normalized spacial score (nSPS) is 22.8. The number of pyridine rings is 1. The summed E-state index contributed by atoms with van der Waals surface area (Å²) in [4.78, 5) is 22.4. The lowest BCUT2D eigenvalue weighted by molar-refractivity contribution is 0.0864. The van der Waals surface area contributed by atoms with Crippen molar-refractivity contribution in [2.24, 2.45) is 5.92 Å². The summed E-state index contributed by atoms with van der Waals surface area (Å²) in [6.07, 6.45) is 7.67. The van der Waals surface area contributed by atoms with Gasteiger partial charge in [-0.15, -0.1) is 5.10 Å². The van der Waals surface area contributed by atoms with Crippen LogP contribution in [0.3, 0.4) is 0 Å². The molecule has 1 N–H and O–H groups in total. The zero-order chi connectivity index (χ0) is 24.1. The van der Waals surface area contributed by atoms with E-state index in [9.17, 15) is 4.79 Å². The molecule has 7 rings (SSSR count). The molecule has 178 valence electrons. The standard InChI is InChI=1S/C28H24N6O2/c35-26(20-9-10-22-24(15-20)36-27(30-22)19-6-2-1-3-7-19)31-28-12-11-18(16-28)14-25(28)34-17-23(32-33-34)21-8-4-5-13-29-21/h1-10,13,15,17-18,25H,11-12,14,16H2,(H,31,35)/t18-,25+,28+/m1/s1. The largest absolute Gasteiger partial charge is 0.436 e. The molecular formula is C28H24N6O2. The minimum Gasteiger partial charge on any atom is -0.436 e. The molecule has 3 heterocycles. The minimum atomic E-state index is -0.345. The van der Waals surface area contributed by atoms with Gasteiger partial charge in [-0.25, -0.2) is 9.67 Å². The van der Waals surface area contributed by atoms with Crippen LogP contribution in [0.5, 0.6) is 0 Å². The number of benzene rings is 2. The monoisotopic (exact) mass is 476 g/mol. The van der Waals surface area contributed by atoms with Crippen molar-refractivity contribution in [3.63, 3.8) is 0 Å². The van der Waals surface area contributed by atoms with E-state index in [-0.39, 0.29) is 17.5 Å². The number of carbonyl (C=O) groups excluding carboxylic acids is 1. The molecule has 8 heteroatoms. The van der Waals surface area contributed by atoms with Crippen LogP contribution >= 0.6 is 0 Å². The van der Waals surface area contributed by atoms with Gasteiger partial charge in [0.1, 0.15) is 11.2 Å². The van der Waals surface area contributed by atoms with Gasteiger partial charge in [0.2, 0.25) is 5.89 Å². The Kier molecular flexibility index (Phi) is 4.73. The summed E-state index contributed by atoms with van der Waals surface area (Å²) < 4.78 is 7.92. The number of hydrogen-bond donors (Lipinski definition) is 1. The molecule has 3 aromatic heterocycles. The van der Waals surface area contributed by atoms with Crippen molar-refractivity contribution in [1.29, 1.82) is 0 Å². The zero-order valence-corrected chi connectivity index (χ0v) is 19.5. The van der Waals surface area contributed by atoms with E-state index >= 15 is 0 Å². The third-order valence-electron chi connectivity index (χ3n) is 7.64. The second-order valence-corrected chi connectivity index (χ2v) is 9.84. The molecule has 36 heavy (non-hydrogen) atoms. The van der Waals surface area contributed by atoms with Crippen molar-refractivity contribution in [3.05, 3.63) is 84.7 Å². The van der Waals surface area contributed by atoms with Gasteiger partial charge in [-0.1, -0.05) is 29.5 Å². The van der Waals surface area contributed by atoms with Crippen LogP contribution in [0.1, 0.15) is 42.1 Å². The summed E-state index contributed by atoms with van der Waals surface area (Å²) in [5, 5.41) is 12.2. The summed E-state index contributed by atoms with van der Waals surface area (Å²) in [5.41, 5.74) is 3.99. The summed E-state index contributed by atoms with van der Waals surface area (Å²) in [7, 11) is 0. The lowest BCUT2D eigenvalue weighted by Gasteiger charge is -2.35. The second-order valence-electron chi connectivity index (χ2n) is 9.84. The van der Waals surface area contributed by atoms with Gasteiger partial charge in [0, 0.05) is 17.3 Å². The number of aromatic nitrogens is 5. The van der Waals surface area contributed by atoms with Crippen molar-refractivity contribution >= 4 is 17.0 Å². The lowest BCUT2D eigenvalue weighted by atomic mass is 9.88. The van der Waals surface area contributed by atoms with Crippen LogP contribution in [-0.2, 0) is 0 Å². The van der Waals surface area contributed by atoms with Crippen molar-refractivity contribution in [1.82, 2.24) is 30.3 Å². The number of nitrogens with one attached hydrogen (secondary N) is 1. The number of oxazole rings is 1. The molecule has 2 bridgehead atoms. The Morgan fingerprint density at radius 3 is 2.78 bits per heavy atom.